The highest BCUT2D eigenvalue weighted by molar-refractivity contribution is 7.23. The summed E-state index contributed by atoms with van der Waals surface area (Å²) in [6.07, 6.45) is 0. The van der Waals surface area contributed by atoms with E-state index in [1.165, 1.54) is 22.7 Å². The van der Waals surface area contributed by atoms with Gasteiger partial charge in [0.05, 0.1) is 27.0 Å². The second kappa shape index (κ2) is 9.75. The van der Waals surface area contributed by atoms with Crippen LogP contribution in [0.4, 0.5) is 22.3 Å². The zero-order valence-corrected chi connectivity index (χ0v) is 20.8. The second-order valence-corrected chi connectivity index (χ2v) is 9.14. The summed E-state index contributed by atoms with van der Waals surface area (Å²) in [5.41, 5.74) is 8.78. The van der Waals surface area contributed by atoms with Crippen LogP contribution in [0, 0.1) is 0 Å². The van der Waals surface area contributed by atoms with Gasteiger partial charge in [0.15, 0.2) is 23.3 Å². The van der Waals surface area contributed by atoms with Crippen LogP contribution in [-0.4, -0.2) is 48.0 Å². The fourth-order valence-electron chi connectivity index (χ4n) is 3.20. The molecule has 12 heteroatoms. The molecule has 0 atom stereocenters. The number of nitrogens with two attached hydrogens (primary N) is 1. The Kier molecular flexibility index (Phi) is 6.77. The summed E-state index contributed by atoms with van der Waals surface area (Å²) >= 11 is 8.92. The van der Waals surface area contributed by atoms with Gasteiger partial charge in [0.2, 0.25) is 5.75 Å². The quantitative estimate of drug-likeness (QED) is 0.118. The number of hydrogen-bond acceptors (Lipinski definition) is 10. The van der Waals surface area contributed by atoms with Crippen LogP contribution in [0.1, 0.15) is 0 Å². The highest BCUT2D eigenvalue weighted by Crippen LogP contribution is 2.43. The molecule has 4 aromatic rings. The van der Waals surface area contributed by atoms with E-state index in [1.807, 2.05) is 11.4 Å². The summed E-state index contributed by atoms with van der Waals surface area (Å²) in [4.78, 5) is 9.88. The summed E-state index contributed by atoms with van der Waals surface area (Å²) < 4.78 is 16.9. The Bertz CT molecular complexity index is 1350. The minimum atomic E-state index is 0.358. The van der Waals surface area contributed by atoms with Crippen molar-refractivity contribution in [3.05, 3.63) is 40.7 Å². The van der Waals surface area contributed by atoms with Crippen LogP contribution in [0.25, 0.3) is 21.1 Å². The van der Waals surface area contributed by atoms with Gasteiger partial charge in [0.1, 0.15) is 20.7 Å². The molecule has 34 heavy (non-hydrogen) atoms. The minimum absolute atomic E-state index is 0.358. The molecule has 2 aromatic heterocycles. The lowest BCUT2D eigenvalue weighted by molar-refractivity contribution is -0.706. The van der Waals surface area contributed by atoms with Crippen molar-refractivity contribution in [2.45, 2.75) is 0 Å². The summed E-state index contributed by atoms with van der Waals surface area (Å²) in [5, 5.41) is 16.5. The van der Waals surface area contributed by atoms with E-state index in [1.54, 1.807) is 45.6 Å². The Labute approximate surface area is 208 Å². The molecule has 9 nitrogen and oxygen atoms in total. The molecule has 0 radical (unpaired) electrons. The molecule has 0 saturated carbocycles. The van der Waals surface area contributed by atoms with E-state index in [-0.39, 0.29) is 0 Å². The predicted octanol–water partition coefficient (Wildman–Crippen LogP) is 5.67. The normalized spacial score (nSPS) is 10.7. The van der Waals surface area contributed by atoms with E-state index in [2.05, 4.69) is 17.0 Å². The third-order valence-electron chi connectivity index (χ3n) is 4.79. The number of methoxy groups -OCH3 is 3. The third-order valence-corrected chi connectivity index (χ3v) is 7.09. The number of hydrogen-bond donors (Lipinski definition) is 3. The molecule has 0 aliphatic carbocycles. The van der Waals surface area contributed by atoms with Gasteiger partial charge >= 0.3 is 0 Å². The molecule has 176 valence electrons. The molecule has 0 amide bonds. The minimum Gasteiger partial charge on any atom is -0.493 e. The SMILES string of the molecule is C=[N+](O)c1cc(-c2csc(-c3sc(Nc4cc(OC)c(OC)c(OC)c4)nc3N)n2)ccc1Cl. The summed E-state index contributed by atoms with van der Waals surface area (Å²) in [7, 11) is 4.66. The molecule has 2 heterocycles. The predicted molar refractivity (Wildman–Crippen MR) is 136 cm³/mol. The zero-order chi connectivity index (χ0) is 24.4. The number of benzene rings is 2. The second-order valence-electron chi connectivity index (χ2n) is 6.88. The van der Waals surface area contributed by atoms with Gasteiger partial charge in [0.25, 0.3) is 5.69 Å². The molecule has 2 aromatic carbocycles. The first-order valence-corrected chi connectivity index (χ1v) is 11.8. The maximum absolute atomic E-state index is 9.68. The van der Waals surface area contributed by atoms with Crippen LogP contribution in [0.2, 0.25) is 5.02 Å². The number of thiazole rings is 2. The smallest absolute Gasteiger partial charge is 0.275 e. The third kappa shape index (κ3) is 4.58. The van der Waals surface area contributed by atoms with Crippen molar-refractivity contribution in [2.24, 2.45) is 0 Å². The Morgan fingerprint density at radius 2 is 1.79 bits per heavy atom. The van der Waals surface area contributed by atoms with Crippen molar-refractivity contribution >= 4 is 63.3 Å². The molecular formula is C22H21ClN5O4S2+. The molecule has 0 saturated heterocycles. The average Bonchev–Trinajstić information content (AvgIpc) is 3.45. The standard InChI is InChI=1S/C22H21ClN5O4S2/c1-28(29)15-7-11(5-6-13(15)23)14-10-33-21(26-14)19-20(24)27-22(34-19)25-12-8-16(30-2)18(32-4)17(9-12)31-3/h5-10,29H,1,24H2,2-4H3,(H,25,27)/q+1. The number of anilines is 3. The van der Waals surface area contributed by atoms with E-state index in [9.17, 15) is 5.21 Å². The van der Waals surface area contributed by atoms with Crippen molar-refractivity contribution in [3.8, 4) is 38.4 Å². The van der Waals surface area contributed by atoms with Crippen LogP contribution in [0.3, 0.4) is 0 Å². The van der Waals surface area contributed by atoms with Gasteiger partial charge in [-0.05, 0) is 6.07 Å². The van der Waals surface area contributed by atoms with Crippen molar-refractivity contribution in [2.75, 3.05) is 32.4 Å². The van der Waals surface area contributed by atoms with Gasteiger partial charge in [-0.3, -0.25) is 5.21 Å². The van der Waals surface area contributed by atoms with Crippen LogP contribution >= 0.6 is 34.3 Å². The monoisotopic (exact) mass is 518 g/mol. The molecule has 4 rings (SSSR count). The molecule has 0 aliphatic heterocycles. The summed E-state index contributed by atoms with van der Waals surface area (Å²) in [6, 6.07) is 8.78. The fourth-order valence-corrected chi connectivity index (χ4v) is 5.24. The Balaban J connectivity index is 1.62. The average molecular weight is 519 g/mol. The van der Waals surface area contributed by atoms with Crippen LogP contribution in [0.5, 0.6) is 17.2 Å². The Morgan fingerprint density at radius 1 is 1.09 bits per heavy atom. The number of rotatable bonds is 8. The van der Waals surface area contributed by atoms with Gasteiger partial charge < -0.3 is 25.3 Å². The summed E-state index contributed by atoms with van der Waals surface area (Å²) in [5.74, 6) is 1.89. The van der Waals surface area contributed by atoms with E-state index >= 15 is 0 Å². The number of ether oxygens (including phenoxy) is 3. The van der Waals surface area contributed by atoms with Gasteiger partial charge in [-0.25, -0.2) is 9.97 Å². The highest BCUT2D eigenvalue weighted by Gasteiger charge is 2.19. The van der Waals surface area contributed by atoms with Gasteiger partial charge in [-0.2, -0.15) is 0 Å². The lowest BCUT2D eigenvalue weighted by Crippen LogP contribution is -1.97. The van der Waals surface area contributed by atoms with Gasteiger partial charge in [-0.1, -0.05) is 29.0 Å². The maximum Gasteiger partial charge on any atom is 0.275 e. The molecule has 0 aliphatic rings. The first kappa shape index (κ1) is 23.6. The lowest BCUT2D eigenvalue weighted by atomic mass is 10.1. The van der Waals surface area contributed by atoms with Crippen LogP contribution in [0.15, 0.2) is 35.7 Å². The van der Waals surface area contributed by atoms with E-state index in [0.29, 0.717) is 50.3 Å². The van der Waals surface area contributed by atoms with Crippen LogP contribution < -0.4 is 25.3 Å². The molecule has 4 N–H and O–H groups in total. The maximum atomic E-state index is 9.68. The van der Waals surface area contributed by atoms with Crippen molar-refractivity contribution in [1.82, 2.24) is 9.97 Å². The number of nitrogen functional groups attached to an aromatic ring is 1. The Morgan fingerprint density at radius 3 is 2.41 bits per heavy atom. The molecule has 0 unspecified atom stereocenters. The molecule has 0 spiro atoms. The Hall–Kier alpha value is -3.54. The first-order valence-electron chi connectivity index (χ1n) is 9.73. The van der Waals surface area contributed by atoms with Gasteiger partial charge in [-0.15, -0.1) is 11.3 Å². The lowest BCUT2D eigenvalue weighted by Gasteiger charge is -2.14. The number of nitrogens with zero attached hydrogens (tertiary/aromatic N) is 3. The number of nitrogens with one attached hydrogen (secondary N) is 1. The van der Waals surface area contributed by atoms with E-state index < -0.39 is 0 Å². The fraction of sp³-hybridized carbons (Fsp3) is 0.136. The topological polar surface area (TPSA) is 115 Å². The molecule has 0 fully saturated rings. The van der Waals surface area contributed by atoms with Gasteiger partial charge in [0, 0.05) is 39.6 Å². The van der Waals surface area contributed by atoms with Crippen molar-refractivity contribution in [3.63, 3.8) is 0 Å². The zero-order valence-electron chi connectivity index (χ0n) is 18.5. The number of halogens is 1. The first-order chi connectivity index (χ1) is 16.3. The van der Waals surface area contributed by atoms with Crippen molar-refractivity contribution in [1.29, 1.82) is 0 Å². The molecular weight excluding hydrogens is 498 g/mol. The van der Waals surface area contributed by atoms with Crippen molar-refractivity contribution < 1.29 is 24.2 Å². The largest absolute Gasteiger partial charge is 0.493 e. The highest BCUT2D eigenvalue weighted by atomic mass is 35.5. The molecule has 0 bridgehead atoms. The van der Waals surface area contributed by atoms with E-state index in [0.717, 1.165) is 20.2 Å². The summed E-state index contributed by atoms with van der Waals surface area (Å²) in [6.45, 7) is 3.47. The van der Waals surface area contributed by atoms with E-state index in [4.69, 9.17) is 36.5 Å². The van der Waals surface area contributed by atoms with Crippen LogP contribution in [-0.2, 0) is 0 Å². The number of aromatic nitrogens is 2.